The van der Waals surface area contributed by atoms with E-state index in [4.69, 9.17) is 25.8 Å². The molecular weight excluding hydrogens is 397 g/mol. The van der Waals surface area contributed by atoms with Gasteiger partial charge in [-0.3, -0.25) is 0 Å². The lowest BCUT2D eigenvalue weighted by Crippen LogP contribution is -2.14. The van der Waals surface area contributed by atoms with Crippen LogP contribution in [-0.2, 0) is 4.74 Å². The maximum absolute atomic E-state index is 15.1. The second-order valence-corrected chi connectivity index (χ2v) is 7.16. The molecule has 1 aliphatic rings. The highest BCUT2D eigenvalue weighted by molar-refractivity contribution is 6.30. The first kappa shape index (κ1) is 19.8. The number of rotatable bonds is 5. The molecule has 0 aliphatic carbocycles. The smallest absolute Gasteiger partial charge is 0.169 e. The van der Waals surface area contributed by atoms with E-state index in [1.165, 1.54) is 26.4 Å². The summed E-state index contributed by atoms with van der Waals surface area (Å²) in [7, 11) is 2.96. The van der Waals surface area contributed by atoms with Crippen LogP contribution in [0.5, 0.6) is 11.5 Å². The molecule has 0 saturated carbocycles. The van der Waals surface area contributed by atoms with Crippen LogP contribution in [-0.4, -0.2) is 30.5 Å². The van der Waals surface area contributed by atoms with Gasteiger partial charge in [0.15, 0.2) is 11.5 Å². The third-order valence-corrected chi connectivity index (χ3v) is 5.36. The quantitative estimate of drug-likeness (QED) is 0.646. The molecule has 3 aromatic rings. The molecule has 0 saturated heterocycles. The Hall–Kier alpha value is -2.54. The second kappa shape index (κ2) is 8.06. The number of fused-ring (bicyclic) bond motifs is 3. The van der Waals surface area contributed by atoms with E-state index in [2.05, 4.69) is 0 Å². The molecule has 7 heteroatoms. The molecule has 152 valence electrons. The number of benzene rings is 2. The van der Waals surface area contributed by atoms with Crippen molar-refractivity contribution in [3.63, 3.8) is 0 Å². The molecular formula is C22H21ClFNO4. The zero-order valence-corrected chi connectivity index (χ0v) is 16.8. The van der Waals surface area contributed by atoms with E-state index in [-0.39, 0.29) is 17.9 Å². The van der Waals surface area contributed by atoms with Crippen molar-refractivity contribution in [1.29, 1.82) is 0 Å². The largest absolute Gasteiger partial charge is 0.493 e. The van der Waals surface area contributed by atoms with Crippen LogP contribution in [0.25, 0.3) is 5.69 Å². The molecule has 2 unspecified atom stereocenters. The SMILES string of the molecule is COc1ccc(F)c(C2OC(CCO)c3cccn3-c3ccc(Cl)cc32)c1OC. The van der Waals surface area contributed by atoms with Gasteiger partial charge in [-0.25, -0.2) is 4.39 Å². The summed E-state index contributed by atoms with van der Waals surface area (Å²) in [5.41, 5.74) is 2.61. The van der Waals surface area contributed by atoms with Gasteiger partial charge in [-0.05, 0) is 42.5 Å². The van der Waals surface area contributed by atoms with Crippen molar-refractivity contribution in [1.82, 2.24) is 4.57 Å². The van der Waals surface area contributed by atoms with Crippen molar-refractivity contribution in [2.45, 2.75) is 18.6 Å². The summed E-state index contributed by atoms with van der Waals surface area (Å²) in [5, 5.41) is 10.1. The van der Waals surface area contributed by atoms with Crippen molar-refractivity contribution in [2.75, 3.05) is 20.8 Å². The summed E-state index contributed by atoms with van der Waals surface area (Å²) in [5.74, 6) is 0.185. The number of aromatic nitrogens is 1. The lowest BCUT2D eigenvalue weighted by molar-refractivity contribution is -0.00872. The zero-order chi connectivity index (χ0) is 20.5. The second-order valence-electron chi connectivity index (χ2n) is 6.72. The molecule has 1 aliphatic heterocycles. The molecule has 4 rings (SSSR count). The van der Waals surface area contributed by atoms with Gasteiger partial charge in [-0.15, -0.1) is 0 Å². The van der Waals surface area contributed by atoms with E-state index < -0.39 is 18.0 Å². The summed E-state index contributed by atoms with van der Waals surface area (Å²) >= 11 is 6.30. The molecule has 2 aromatic carbocycles. The third-order valence-electron chi connectivity index (χ3n) is 5.13. The zero-order valence-electron chi connectivity index (χ0n) is 16.1. The van der Waals surface area contributed by atoms with E-state index in [0.717, 1.165) is 11.4 Å². The lowest BCUT2D eigenvalue weighted by Gasteiger charge is -2.25. The van der Waals surface area contributed by atoms with Crippen molar-refractivity contribution in [3.8, 4) is 17.2 Å². The van der Waals surface area contributed by atoms with Gasteiger partial charge in [0.1, 0.15) is 18.0 Å². The average molecular weight is 418 g/mol. The van der Waals surface area contributed by atoms with Gasteiger partial charge in [0.25, 0.3) is 0 Å². The van der Waals surface area contributed by atoms with Crippen LogP contribution in [0, 0.1) is 5.82 Å². The van der Waals surface area contributed by atoms with Crippen LogP contribution in [0.4, 0.5) is 4.39 Å². The summed E-state index contributed by atoms with van der Waals surface area (Å²) in [6.07, 6.45) is 1.000. The van der Waals surface area contributed by atoms with E-state index in [0.29, 0.717) is 22.8 Å². The van der Waals surface area contributed by atoms with E-state index in [1.54, 1.807) is 12.1 Å². The van der Waals surface area contributed by atoms with Crippen LogP contribution in [0.3, 0.4) is 0 Å². The molecule has 0 radical (unpaired) electrons. The minimum Gasteiger partial charge on any atom is -0.493 e. The molecule has 1 N–H and O–H groups in total. The molecule has 2 atom stereocenters. The molecule has 5 nitrogen and oxygen atoms in total. The number of nitrogens with zero attached hydrogens (tertiary/aromatic N) is 1. The van der Waals surface area contributed by atoms with Gasteiger partial charge in [0.05, 0.1) is 31.2 Å². The standard InChI is InChI=1S/C22H21ClFNO4/c1-27-19-8-6-15(24)20(22(19)28-2)21-14-12-13(23)5-7-16(14)25-10-3-4-17(25)18(29-21)9-11-26/h3-8,10,12,18,21,26H,9,11H2,1-2H3. The first-order valence-corrected chi connectivity index (χ1v) is 9.60. The van der Waals surface area contributed by atoms with Crippen LogP contribution in [0.2, 0.25) is 5.02 Å². The summed E-state index contributed by atoms with van der Waals surface area (Å²) in [4.78, 5) is 0. The number of ether oxygens (including phenoxy) is 3. The topological polar surface area (TPSA) is 52.8 Å². The number of methoxy groups -OCH3 is 2. The van der Waals surface area contributed by atoms with Crippen molar-refractivity contribution in [2.24, 2.45) is 0 Å². The summed E-state index contributed by atoms with van der Waals surface area (Å²) < 4.78 is 34.4. The molecule has 2 heterocycles. The number of hydrogen-bond acceptors (Lipinski definition) is 4. The average Bonchev–Trinajstić information content (AvgIpc) is 3.16. The van der Waals surface area contributed by atoms with Crippen LogP contribution in [0.15, 0.2) is 48.7 Å². The maximum Gasteiger partial charge on any atom is 0.169 e. The Labute approximate surface area is 173 Å². The fourth-order valence-corrected chi connectivity index (χ4v) is 4.05. The lowest BCUT2D eigenvalue weighted by atomic mass is 9.97. The van der Waals surface area contributed by atoms with Gasteiger partial charge in [-0.2, -0.15) is 0 Å². The van der Waals surface area contributed by atoms with Crippen LogP contribution >= 0.6 is 11.6 Å². The normalized spacial score (nSPS) is 18.0. The van der Waals surface area contributed by atoms with Crippen LogP contribution in [0.1, 0.15) is 35.4 Å². The first-order valence-electron chi connectivity index (χ1n) is 9.22. The number of aliphatic hydroxyl groups is 1. The number of halogens is 2. The molecule has 1 aromatic heterocycles. The Bertz CT molecular complexity index is 1040. The first-order chi connectivity index (χ1) is 14.1. The minimum atomic E-state index is -0.815. The van der Waals surface area contributed by atoms with Crippen molar-refractivity contribution >= 4 is 11.6 Å². The highest BCUT2D eigenvalue weighted by atomic mass is 35.5. The monoisotopic (exact) mass is 417 g/mol. The van der Waals surface area contributed by atoms with E-state index >= 15 is 4.39 Å². The summed E-state index contributed by atoms with van der Waals surface area (Å²) in [6, 6.07) is 12.1. The fourth-order valence-electron chi connectivity index (χ4n) is 3.87. The molecule has 0 amide bonds. The molecule has 29 heavy (non-hydrogen) atoms. The predicted molar refractivity (Wildman–Crippen MR) is 108 cm³/mol. The van der Waals surface area contributed by atoms with E-state index in [1.807, 2.05) is 29.0 Å². The van der Waals surface area contributed by atoms with Crippen molar-refractivity contribution in [3.05, 3.63) is 76.3 Å². The summed E-state index contributed by atoms with van der Waals surface area (Å²) in [6.45, 7) is -0.0720. The predicted octanol–water partition coefficient (Wildman–Crippen LogP) is 4.83. The fraction of sp³-hybridized carbons (Fsp3) is 0.273. The maximum atomic E-state index is 15.1. The highest BCUT2D eigenvalue weighted by Crippen LogP contribution is 2.47. The Morgan fingerprint density at radius 3 is 2.72 bits per heavy atom. The van der Waals surface area contributed by atoms with Crippen molar-refractivity contribution < 1.29 is 23.7 Å². The molecule has 0 bridgehead atoms. The van der Waals surface area contributed by atoms with Gasteiger partial charge in [0, 0.05) is 29.8 Å². The van der Waals surface area contributed by atoms with Gasteiger partial charge in [-0.1, -0.05) is 11.6 Å². The highest BCUT2D eigenvalue weighted by Gasteiger charge is 2.34. The minimum absolute atomic E-state index is 0.0720. The number of hydrogen-bond donors (Lipinski definition) is 1. The number of aliphatic hydroxyl groups excluding tert-OH is 1. The van der Waals surface area contributed by atoms with Gasteiger partial charge < -0.3 is 23.9 Å². The van der Waals surface area contributed by atoms with Crippen LogP contribution < -0.4 is 9.47 Å². The molecule has 0 spiro atoms. The Morgan fingerprint density at radius 2 is 2.00 bits per heavy atom. The Kier molecular flexibility index (Phi) is 5.50. The molecule has 0 fully saturated rings. The third kappa shape index (κ3) is 3.37. The Balaban J connectivity index is 1.99. The van der Waals surface area contributed by atoms with Gasteiger partial charge in [0.2, 0.25) is 0 Å². The van der Waals surface area contributed by atoms with E-state index in [9.17, 15) is 5.11 Å². The van der Waals surface area contributed by atoms with Gasteiger partial charge >= 0.3 is 0 Å². The Morgan fingerprint density at radius 1 is 1.17 bits per heavy atom.